The number of aromatic nitrogens is 2. The van der Waals surface area contributed by atoms with Gasteiger partial charge < -0.3 is 25.1 Å². The summed E-state index contributed by atoms with van der Waals surface area (Å²) in [5, 5.41) is 7.69. The quantitative estimate of drug-likeness (QED) is 0.209. The van der Waals surface area contributed by atoms with Gasteiger partial charge in [-0.2, -0.15) is 0 Å². The number of benzene rings is 3. The fourth-order valence-electron chi connectivity index (χ4n) is 3.88. The highest BCUT2D eigenvalue weighted by atomic mass is 19.1. The number of fused-ring (bicyclic) bond motifs is 1. The number of anilines is 2. The van der Waals surface area contributed by atoms with Crippen LogP contribution in [0.1, 0.15) is 37.7 Å². The number of hydrogen-bond acceptors (Lipinski definition) is 5. The second-order valence-electron chi connectivity index (χ2n) is 8.60. The van der Waals surface area contributed by atoms with E-state index in [1.54, 1.807) is 41.3 Å². The van der Waals surface area contributed by atoms with Crippen LogP contribution >= 0.6 is 0 Å². The minimum absolute atomic E-state index is 0.0344. The van der Waals surface area contributed by atoms with E-state index in [4.69, 9.17) is 25.6 Å². The third-order valence-corrected chi connectivity index (χ3v) is 5.44. The first-order valence-electron chi connectivity index (χ1n) is 11.6. The Bertz CT molecular complexity index is 1350. The molecule has 3 aromatic carbocycles. The Kier molecular flexibility index (Phi) is 6.91. The van der Waals surface area contributed by atoms with E-state index in [1.807, 2.05) is 45.9 Å². The number of aromatic amines is 1. The molecule has 7 nitrogen and oxygen atoms in total. The number of aryl methyl sites for hydroxylation is 1. The van der Waals surface area contributed by atoms with Crippen LogP contribution < -0.4 is 20.1 Å². The molecule has 0 unspecified atom stereocenters. The zero-order valence-electron chi connectivity index (χ0n) is 20.4. The molecule has 0 atom stereocenters. The Morgan fingerprint density at radius 3 is 2.54 bits per heavy atom. The summed E-state index contributed by atoms with van der Waals surface area (Å²) < 4.78 is 27.4. The molecule has 0 radical (unpaired) electrons. The molecular weight excluding hydrogens is 445 g/mol. The normalized spacial score (nSPS) is 11.1. The maximum Gasteiger partial charge on any atom is 0.188 e. The van der Waals surface area contributed by atoms with Crippen molar-refractivity contribution in [3.63, 3.8) is 0 Å². The van der Waals surface area contributed by atoms with E-state index in [-0.39, 0.29) is 24.2 Å². The molecule has 35 heavy (non-hydrogen) atoms. The van der Waals surface area contributed by atoms with Crippen LogP contribution in [-0.4, -0.2) is 28.5 Å². The number of hydrogen-bond donors (Lipinski definition) is 3. The van der Waals surface area contributed by atoms with Gasteiger partial charge in [0, 0.05) is 23.4 Å². The van der Waals surface area contributed by atoms with Crippen molar-refractivity contribution in [1.29, 1.82) is 5.41 Å². The summed E-state index contributed by atoms with van der Waals surface area (Å²) in [5.74, 6) is 0.767. The van der Waals surface area contributed by atoms with Crippen LogP contribution in [0.4, 0.5) is 15.8 Å². The zero-order valence-corrected chi connectivity index (χ0v) is 20.4. The maximum atomic E-state index is 15.8. The summed E-state index contributed by atoms with van der Waals surface area (Å²) in [7, 11) is 0. The maximum absolute atomic E-state index is 15.8. The first-order valence-corrected chi connectivity index (χ1v) is 11.6. The largest absolute Gasteiger partial charge is 0.494 e. The molecule has 4 N–H and O–H groups in total. The molecule has 0 aliphatic rings. The number of rotatable bonds is 9. The number of halogens is 1. The Hall–Kier alpha value is -4.07. The summed E-state index contributed by atoms with van der Waals surface area (Å²) >= 11 is 0. The Balaban J connectivity index is 1.84. The third-order valence-electron chi connectivity index (χ3n) is 5.44. The van der Waals surface area contributed by atoms with Gasteiger partial charge in [0.2, 0.25) is 0 Å². The number of nitrogens with zero attached hydrogens (tertiary/aromatic N) is 2. The summed E-state index contributed by atoms with van der Waals surface area (Å²) in [5.41, 5.74) is 10.1. The van der Waals surface area contributed by atoms with Crippen LogP contribution in [-0.2, 0) is 6.54 Å². The predicted molar refractivity (Wildman–Crippen MR) is 137 cm³/mol. The first-order chi connectivity index (χ1) is 16.7. The van der Waals surface area contributed by atoms with Gasteiger partial charge in [0.05, 0.1) is 36.0 Å². The number of nitrogens with one attached hydrogen (secondary N) is 2. The fraction of sp³-hybridized carbons (Fsp3) is 0.259. The highest BCUT2D eigenvalue weighted by molar-refractivity contribution is 5.95. The van der Waals surface area contributed by atoms with Gasteiger partial charge in [-0.1, -0.05) is 6.07 Å². The van der Waals surface area contributed by atoms with E-state index in [2.05, 4.69) is 4.98 Å². The van der Waals surface area contributed by atoms with E-state index in [0.717, 1.165) is 16.6 Å². The molecule has 182 valence electrons. The van der Waals surface area contributed by atoms with Gasteiger partial charge in [-0.25, -0.2) is 9.37 Å². The van der Waals surface area contributed by atoms with Crippen LogP contribution in [0.5, 0.6) is 11.5 Å². The summed E-state index contributed by atoms with van der Waals surface area (Å²) in [6.07, 6.45) is -0.212. The Morgan fingerprint density at radius 1 is 1.14 bits per heavy atom. The van der Waals surface area contributed by atoms with Crippen LogP contribution in [0, 0.1) is 18.2 Å². The summed E-state index contributed by atoms with van der Waals surface area (Å²) in [6, 6.07) is 16.3. The molecule has 1 heterocycles. The van der Waals surface area contributed by atoms with Gasteiger partial charge in [-0.15, -0.1) is 0 Å². The van der Waals surface area contributed by atoms with Crippen LogP contribution in [0.2, 0.25) is 0 Å². The van der Waals surface area contributed by atoms with E-state index in [1.165, 1.54) is 0 Å². The Morgan fingerprint density at radius 2 is 1.89 bits per heavy atom. The van der Waals surface area contributed by atoms with E-state index < -0.39 is 5.82 Å². The average Bonchev–Trinajstić information content (AvgIpc) is 3.21. The minimum Gasteiger partial charge on any atom is -0.494 e. The molecule has 0 saturated heterocycles. The first kappa shape index (κ1) is 24.1. The highest BCUT2D eigenvalue weighted by Gasteiger charge is 2.22. The number of amidine groups is 1. The minimum atomic E-state index is -0.496. The lowest BCUT2D eigenvalue weighted by molar-refractivity contribution is 0.229. The van der Waals surface area contributed by atoms with Crippen LogP contribution in [0.25, 0.3) is 11.0 Å². The number of nitrogens with two attached hydrogens (primary N) is 1. The monoisotopic (exact) mass is 475 g/mol. The molecule has 4 rings (SSSR count). The highest BCUT2D eigenvalue weighted by Crippen LogP contribution is 2.38. The number of ether oxygens (including phenoxy) is 2. The van der Waals surface area contributed by atoms with Crippen molar-refractivity contribution in [2.45, 2.75) is 40.3 Å². The van der Waals surface area contributed by atoms with Gasteiger partial charge in [0.25, 0.3) is 0 Å². The molecular formula is C27H30FN5O2. The van der Waals surface area contributed by atoms with Crippen molar-refractivity contribution >= 4 is 28.2 Å². The molecule has 0 fully saturated rings. The molecule has 0 saturated carbocycles. The average molecular weight is 476 g/mol. The van der Waals surface area contributed by atoms with Crippen LogP contribution in [0.15, 0.2) is 54.6 Å². The smallest absolute Gasteiger partial charge is 0.188 e. The lowest BCUT2D eigenvalue weighted by atomic mass is 10.1. The van der Waals surface area contributed by atoms with Gasteiger partial charge in [0.15, 0.2) is 11.6 Å². The lowest BCUT2D eigenvalue weighted by Crippen LogP contribution is -2.20. The van der Waals surface area contributed by atoms with E-state index in [0.29, 0.717) is 35.1 Å². The van der Waals surface area contributed by atoms with Crippen LogP contribution in [0.3, 0.4) is 0 Å². The summed E-state index contributed by atoms with van der Waals surface area (Å²) in [4.78, 5) is 9.87. The van der Waals surface area contributed by atoms with E-state index in [9.17, 15) is 0 Å². The molecule has 4 aromatic rings. The number of H-pyrrole nitrogens is 1. The molecule has 0 amide bonds. The standard InChI is InChI=1S/C27H30FN5O2/c1-5-34-20-13-23(26(28)24(14-20)35-16(2)3)33(19-9-7-18(8-10-19)27(29)30)15-25-31-21-11-6-17(4)12-22(21)32-25/h6-14,16H,5,15H2,1-4H3,(H3,29,30)(H,31,32). The second-order valence-corrected chi connectivity index (χ2v) is 8.60. The lowest BCUT2D eigenvalue weighted by Gasteiger charge is -2.26. The fourth-order valence-corrected chi connectivity index (χ4v) is 3.88. The molecule has 0 bridgehead atoms. The van der Waals surface area contributed by atoms with Crippen molar-refractivity contribution in [1.82, 2.24) is 9.97 Å². The predicted octanol–water partition coefficient (Wildman–Crippen LogP) is 5.82. The van der Waals surface area contributed by atoms with Crippen molar-refractivity contribution in [3.8, 4) is 11.5 Å². The van der Waals surface area contributed by atoms with E-state index >= 15 is 4.39 Å². The number of nitrogen functional groups attached to an aromatic ring is 1. The van der Waals surface area contributed by atoms with Gasteiger partial charge in [-0.3, -0.25) is 5.41 Å². The topological polar surface area (TPSA) is 100 Å². The van der Waals surface area contributed by atoms with Gasteiger partial charge in [0.1, 0.15) is 17.4 Å². The van der Waals surface area contributed by atoms with Gasteiger partial charge >= 0.3 is 0 Å². The van der Waals surface area contributed by atoms with Crippen molar-refractivity contribution in [2.75, 3.05) is 11.5 Å². The van der Waals surface area contributed by atoms with Crippen molar-refractivity contribution < 1.29 is 13.9 Å². The SMILES string of the molecule is CCOc1cc(OC(C)C)c(F)c(N(Cc2nc3ccc(C)cc3[nH]2)c2ccc(C(=N)N)cc2)c1. The third kappa shape index (κ3) is 5.37. The van der Waals surface area contributed by atoms with Gasteiger partial charge in [-0.05, 0) is 69.7 Å². The molecule has 0 aliphatic carbocycles. The van der Waals surface area contributed by atoms with Crippen molar-refractivity contribution in [2.24, 2.45) is 5.73 Å². The second kappa shape index (κ2) is 10.0. The molecule has 8 heteroatoms. The Labute approximate surface area is 204 Å². The molecule has 1 aromatic heterocycles. The zero-order chi connectivity index (χ0) is 25.1. The number of imidazole rings is 1. The summed E-state index contributed by atoms with van der Waals surface area (Å²) in [6.45, 7) is 8.29. The molecule has 0 spiro atoms. The van der Waals surface area contributed by atoms with Crippen molar-refractivity contribution in [3.05, 3.63) is 77.4 Å². The molecule has 0 aliphatic heterocycles.